The Morgan fingerprint density at radius 2 is 2.07 bits per heavy atom. The average molecular weight is 284 g/mol. The van der Waals surface area contributed by atoms with Crippen molar-refractivity contribution in [3.63, 3.8) is 0 Å². The minimum Gasteiger partial charge on any atom is -0.309 e. The second-order valence-electron chi connectivity index (χ2n) is 3.07. The highest BCUT2D eigenvalue weighted by molar-refractivity contribution is 9.10. The smallest absolute Gasteiger partial charge is 0.115 e. The highest BCUT2D eigenvalue weighted by Crippen LogP contribution is 2.30. The van der Waals surface area contributed by atoms with Crippen molar-refractivity contribution in [2.45, 2.75) is 6.04 Å². The van der Waals surface area contributed by atoms with Crippen LogP contribution in [0.3, 0.4) is 0 Å². The van der Waals surface area contributed by atoms with Gasteiger partial charge in [-0.2, -0.15) is 11.3 Å². The van der Waals surface area contributed by atoms with Gasteiger partial charge in [-0.1, -0.05) is 0 Å². The molecule has 0 aliphatic heterocycles. The van der Waals surface area contributed by atoms with E-state index in [4.69, 9.17) is 0 Å². The molecule has 0 saturated heterocycles. The molecule has 0 amide bonds. The summed E-state index contributed by atoms with van der Waals surface area (Å²) in [5, 5.41) is 7.45. The fourth-order valence-corrected chi connectivity index (χ4v) is 3.01. The summed E-state index contributed by atoms with van der Waals surface area (Å²) in [6.45, 7) is 0. The fraction of sp³-hybridized carbons (Fsp3) is 0.200. The van der Waals surface area contributed by atoms with E-state index < -0.39 is 0 Å². The first kappa shape index (κ1) is 10.7. The molecular weight excluding hydrogens is 274 g/mol. The molecule has 15 heavy (non-hydrogen) atoms. The first-order valence-corrected chi connectivity index (χ1v) is 6.20. The Balaban J connectivity index is 2.37. The summed E-state index contributed by atoms with van der Waals surface area (Å²) in [5.74, 6) is 0. The van der Waals surface area contributed by atoms with Gasteiger partial charge in [0.05, 0.1) is 6.04 Å². The monoisotopic (exact) mass is 283 g/mol. The standard InChI is InChI=1S/C10H10BrN3S/c1-12-10(7-2-13-6-14-3-7)8-4-15-5-9(8)11/h2-6,10,12H,1H3. The summed E-state index contributed by atoms with van der Waals surface area (Å²) in [7, 11) is 1.93. The summed E-state index contributed by atoms with van der Waals surface area (Å²) in [6.07, 6.45) is 5.20. The van der Waals surface area contributed by atoms with E-state index >= 15 is 0 Å². The molecule has 1 unspecified atom stereocenters. The highest BCUT2D eigenvalue weighted by atomic mass is 79.9. The van der Waals surface area contributed by atoms with Crippen LogP contribution >= 0.6 is 27.3 Å². The molecule has 0 aliphatic rings. The van der Waals surface area contributed by atoms with Gasteiger partial charge in [0.25, 0.3) is 0 Å². The van der Waals surface area contributed by atoms with Gasteiger partial charge in [-0.3, -0.25) is 0 Å². The Kier molecular flexibility index (Phi) is 3.45. The summed E-state index contributed by atoms with van der Waals surface area (Å²) in [4.78, 5) is 8.06. The second kappa shape index (κ2) is 4.83. The van der Waals surface area contributed by atoms with Crippen LogP contribution in [0.25, 0.3) is 0 Å². The molecule has 0 aromatic carbocycles. The van der Waals surface area contributed by atoms with Crippen LogP contribution in [0, 0.1) is 0 Å². The normalized spacial score (nSPS) is 12.7. The molecule has 0 aliphatic carbocycles. The summed E-state index contributed by atoms with van der Waals surface area (Å²) < 4.78 is 1.12. The van der Waals surface area contributed by atoms with Crippen LogP contribution in [-0.2, 0) is 0 Å². The number of nitrogens with one attached hydrogen (secondary N) is 1. The van der Waals surface area contributed by atoms with Crippen molar-refractivity contribution < 1.29 is 0 Å². The molecule has 2 aromatic heterocycles. The van der Waals surface area contributed by atoms with Gasteiger partial charge >= 0.3 is 0 Å². The lowest BCUT2D eigenvalue weighted by Gasteiger charge is -2.15. The topological polar surface area (TPSA) is 37.8 Å². The van der Waals surface area contributed by atoms with Crippen molar-refractivity contribution in [2.24, 2.45) is 0 Å². The summed E-state index contributed by atoms with van der Waals surface area (Å²) >= 11 is 5.21. The molecule has 0 bridgehead atoms. The summed E-state index contributed by atoms with van der Waals surface area (Å²) in [5.41, 5.74) is 2.29. The number of halogens is 1. The van der Waals surface area contributed by atoms with Gasteiger partial charge in [-0.15, -0.1) is 0 Å². The molecule has 78 valence electrons. The molecule has 2 aromatic rings. The van der Waals surface area contributed by atoms with E-state index in [-0.39, 0.29) is 6.04 Å². The first-order chi connectivity index (χ1) is 7.33. The van der Waals surface area contributed by atoms with Crippen LogP contribution < -0.4 is 5.32 Å². The Morgan fingerprint density at radius 1 is 1.33 bits per heavy atom. The van der Waals surface area contributed by atoms with Gasteiger partial charge in [0.2, 0.25) is 0 Å². The van der Waals surface area contributed by atoms with Gasteiger partial charge in [-0.05, 0) is 33.9 Å². The van der Waals surface area contributed by atoms with E-state index in [2.05, 4.69) is 42.0 Å². The molecule has 0 spiro atoms. The Bertz CT molecular complexity index is 429. The van der Waals surface area contributed by atoms with Crippen LogP contribution in [0.4, 0.5) is 0 Å². The number of thiophene rings is 1. The SMILES string of the molecule is CNC(c1cncnc1)c1cscc1Br. The number of nitrogens with zero attached hydrogens (tertiary/aromatic N) is 2. The largest absolute Gasteiger partial charge is 0.309 e. The molecule has 5 heteroatoms. The molecule has 2 rings (SSSR count). The summed E-state index contributed by atoms with van der Waals surface area (Å²) in [6, 6.07) is 0.145. The third-order valence-electron chi connectivity index (χ3n) is 2.16. The zero-order valence-corrected chi connectivity index (χ0v) is 10.5. The van der Waals surface area contributed by atoms with Gasteiger partial charge in [-0.25, -0.2) is 9.97 Å². The second-order valence-corrected chi connectivity index (χ2v) is 4.67. The maximum absolute atomic E-state index is 4.03. The zero-order chi connectivity index (χ0) is 10.7. The van der Waals surface area contributed by atoms with Crippen molar-refractivity contribution in [1.82, 2.24) is 15.3 Å². The van der Waals surface area contributed by atoms with E-state index in [0.29, 0.717) is 0 Å². The number of hydrogen-bond acceptors (Lipinski definition) is 4. The van der Waals surface area contributed by atoms with E-state index in [0.717, 1.165) is 10.0 Å². The zero-order valence-electron chi connectivity index (χ0n) is 8.14. The van der Waals surface area contributed by atoms with Crippen LogP contribution in [-0.4, -0.2) is 17.0 Å². The van der Waals surface area contributed by atoms with Gasteiger partial charge in [0.1, 0.15) is 6.33 Å². The van der Waals surface area contributed by atoms with Crippen molar-refractivity contribution in [1.29, 1.82) is 0 Å². The third kappa shape index (κ3) is 2.25. The Hall–Kier alpha value is -0.780. The molecule has 1 atom stereocenters. The quantitative estimate of drug-likeness (QED) is 0.941. The number of hydrogen-bond donors (Lipinski definition) is 1. The minimum absolute atomic E-state index is 0.145. The molecule has 3 nitrogen and oxygen atoms in total. The molecule has 2 heterocycles. The minimum atomic E-state index is 0.145. The average Bonchev–Trinajstić information content (AvgIpc) is 2.68. The van der Waals surface area contributed by atoms with Crippen molar-refractivity contribution >= 4 is 27.3 Å². The van der Waals surface area contributed by atoms with Gasteiger partial charge in [0, 0.05) is 27.8 Å². The fourth-order valence-electron chi connectivity index (χ4n) is 1.46. The number of aromatic nitrogens is 2. The van der Waals surface area contributed by atoms with Crippen molar-refractivity contribution in [3.8, 4) is 0 Å². The third-order valence-corrected chi connectivity index (χ3v) is 3.91. The molecule has 0 fully saturated rings. The Morgan fingerprint density at radius 3 is 2.60 bits per heavy atom. The van der Waals surface area contributed by atoms with Crippen LogP contribution in [0.5, 0.6) is 0 Å². The molecule has 1 N–H and O–H groups in total. The first-order valence-electron chi connectivity index (χ1n) is 4.46. The van der Waals surface area contributed by atoms with Crippen LogP contribution in [0.15, 0.2) is 34.0 Å². The lowest BCUT2D eigenvalue weighted by molar-refractivity contribution is 0.684. The van der Waals surface area contributed by atoms with Crippen LogP contribution in [0.2, 0.25) is 0 Å². The molecule has 0 saturated carbocycles. The molecular formula is C10H10BrN3S. The predicted molar refractivity (Wildman–Crippen MR) is 65.0 cm³/mol. The maximum atomic E-state index is 4.03. The lowest BCUT2D eigenvalue weighted by atomic mass is 10.1. The number of rotatable bonds is 3. The lowest BCUT2D eigenvalue weighted by Crippen LogP contribution is -2.17. The Labute approximate surface area is 101 Å². The maximum Gasteiger partial charge on any atom is 0.115 e. The van der Waals surface area contributed by atoms with E-state index in [1.165, 1.54) is 5.56 Å². The highest BCUT2D eigenvalue weighted by Gasteiger charge is 2.15. The van der Waals surface area contributed by atoms with Crippen LogP contribution in [0.1, 0.15) is 17.2 Å². The van der Waals surface area contributed by atoms with Crippen molar-refractivity contribution in [2.75, 3.05) is 7.05 Å². The van der Waals surface area contributed by atoms with E-state index in [9.17, 15) is 0 Å². The molecule has 0 radical (unpaired) electrons. The van der Waals surface area contributed by atoms with E-state index in [1.54, 1.807) is 17.7 Å². The van der Waals surface area contributed by atoms with Gasteiger partial charge in [0.15, 0.2) is 0 Å². The van der Waals surface area contributed by atoms with Crippen molar-refractivity contribution in [3.05, 3.63) is 45.1 Å². The predicted octanol–water partition coefficient (Wildman–Crippen LogP) is 2.61. The van der Waals surface area contributed by atoms with E-state index in [1.807, 2.05) is 19.4 Å². The van der Waals surface area contributed by atoms with Gasteiger partial charge < -0.3 is 5.32 Å².